The molecule has 4 unspecified atom stereocenters. The van der Waals surface area contributed by atoms with Gasteiger partial charge in [-0.1, -0.05) is 24.3 Å². The van der Waals surface area contributed by atoms with Crippen molar-refractivity contribution in [2.75, 3.05) is 33.2 Å². The van der Waals surface area contributed by atoms with E-state index in [1.54, 1.807) is 43.9 Å². The summed E-state index contributed by atoms with van der Waals surface area (Å²) in [5.74, 6) is -0.768. The average molecular weight is 604 g/mol. The molecule has 1 N–H and O–H groups in total. The van der Waals surface area contributed by atoms with Crippen LogP contribution in [0.3, 0.4) is 0 Å². The molecule has 0 spiro atoms. The first kappa shape index (κ1) is 31.5. The molecular weight excluding hydrogens is 561 g/mol. The molecule has 3 fully saturated rings. The number of carbonyl (C=O) groups is 3. The number of halogens is 1. The molecule has 1 saturated carbocycles. The van der Waals surface area contributed by atoms with Crippen molar-refractivity contribution in [2.24, 2.45) is 5.92 Å². The zero-order valence-electron chi connectivity index (χ0n) is 26.0. The van der Waals surface area contributed by atoms with Crippen molar-refractivity contribution in [3.63, 3.8) is 0 Å². The van der Waals surface area contributed by atoms with Crippen LogP contribution in [0.15, 0.2) is 42.5 Å². The van der Waals surface area contributed by atoms with Crippen molar-refractivity contribution in [3.05, 3.63) is 59.4 Å². The summed E-state index contributed by atoms with van der Waals surface area (Å²) in [4.78, 5) is 44.9. The van der Waals surface area contributed by atoms with Crippen LogP contribution in [0, 0.1) is 23.1 Å². The maximum atomic E-state index is 15.3. The van der Waals surface area contributed by atoms with Crippen molar-refractivity contribution >= 4 is 17.9 Å². The Hall–Kier alpha value is -3.97. The lowest BCUT2D eigenvalue weighted by Crippen LogP contribution is -2.55. The largest absolute Gasteiger partial charge is 0.444 e. The van der Waals surface area contributed by atoms with Crippen molar-refractivity contribution in [1.82, 2.24) is 20.0 Å². The second-order valence-electron chi connectivity index (χ2n) is 13.3. The maximum absolute atomic E-state index is 15.3. The van der Waals surface area contributed by atoms with E-state index in [1.807, 2.05) is 30.1 Å². The number of nitriles is 1. The van der Waals surface area contributed by atoms with Crippen LogP contribution in [-0.2, 0) is 16.0 Å². The van der Waals surface area contributed by atoms with Gasteiger partial charge in [0, 0.05) is 37.8 Å². The van der Waals surface area contributed by atoms with E-state index in [1.165, 1.54) is 6.07 Å². The molecule has 4 atom stereocenters. The van der Waals surface area contributed by atoms with Crippen LogP contribution in [0.4, 0.5) is 9.18 Å². The highest BCUT2D eigenvalue weighted by Crippen LogP contribution is 2.43. The monoisotopic (exact) mass is 603 g/mol. The number of piperazine rings is 1. The molecule has 0 aromatic heterocycles. The van der Waals surface area contributed by atoms with Crippen LogP contribution >= 0.6 is 0 Å². The summed E-state index contributed by atoms with van der Waals surface area (Å²) in [5.41, 5.74) is 1.73. The van der Waals surface area contributed by atoms with Gasteiger partial charge in [-0.3, -0.25) is 14.5 Å². The Kier molecular flexibility index (Phi) is 9.26. The average Bonchev–Trinajstić information content (AvgIpc) is 3.61. The smallest absolute Gasteiger partial charge is 0.411 e. The molecule has 5 rings (SSSR count). The van der Waals surface area contributed by atoms with Crippen LogP contribution in [0.25, 0.3) is 11.1 Å². The van der Waals surface area contributed by atoms with Gasteiger partial charge >= 0.3 is 6.09 Å². The molecule has 2 heterocycles. The first-order valence-corrected chi connectivity index (χ1v) is 15.5. The number of ether oxygens (including phenoxy) is 1. The Morgan fingerprint density at radius 2 is 1.80 bits per heavy atom. The highest BCUT2D eigenvalue weighted by Gasteiger charge is 2.52. The number of likely N-dealkylation sites (tertiary alicyclic amines) is 1. The predicted octanol–water partition coefficient (Wildman–Crippen LogP) is 4.61. The van der Waals surface area contributed by atoms with Crippen molar-refractivity contribution in [3.8, 4) is 17.2 Å². The van der Waals surface area contributed by atoms with E-state index in [0.717, 1.165) is 37.9 Å². The molecule has 2 aromatic carbocycles. The molecular formula is C34H42FN5O4. The summed E-state index contributed by atoms with van der Waals surface area (Å²) in [7, 11) is 2.04. The van der Waals surface area contributed by atoms with E-state index in [0.29, 0.717) is 29.8 Å². The minimum Gasteiger partial charge on any atom is -0.444 e. The molecule has 3 amide bonds. The molecule has 1 aliphatic carbocycles. The quantitative estimate of drug-likeness (QED) is 0.496. The van der Waals surface area contributed by atoms with Gasteiger partial charge in [0.2, 0.25) is 5.91 Å². The number of hydrogen-bond donors (Lipinski definition) is 1. The zero-order valence-corrected chi connectivity index (χ0v) is 26.0. The molecule has 2 aromatic rings. The van der Waals surface area contributed by atoms with E-state index < -0.39 is 29.6 Å². The third-order valence-electron chi connectivity index (χ3n) is 8.92. The Bertz CT molecular complexity index is 1440. The van der Waals surface area contributed by atoms with Crippen molar-refractivity contribution < 1.29 is 23.5 Å². The number of hydrogen-bond acceptors (Lipinski definition) is 6. The van der Waals surface area contributed by atoms with E-state index in [2.05, 4.69) is 16.3 Å². The van der Waals surface area contributed by atoms with Crippen LogP contribution in [0.2, 0.25) is 0 Å². The number of benzene rings is 2. The molecule has 2 saturated heterocycles. The second kappa shape index (κ2) is 12.9. The van der Waals surface area contributed by atoms with Gasteiger partial charge < -0.3 is 19.9 Å². The number of carbonyl (C=O) groups excluding carboxylic acids is 3. The van der Waals surface area contributed by atoms with E-state index in [9.17, 15) is 19.6 Å². The number of piperidine rings is 1. The SMILES string of the molecule is CN1CCN(C(=O)c2cccc(-c3ccc(CCC(C#N)NC(=O)C4C5CCC(C5)N4C(=O)OC(C)(C)C)c(F)c3)c2)CC1. The van der Waals surface area contributed by atoms with Crippen LogP contribution in [0.1, 0.15) is 62.4 Å². The molecule has 10 heteroatoms. The first-order chi connectivity index (χ1) is 20.9. The van der Waals surface area contributed by atoms with Gasteiger partial charge in [-0.05, 0) is 101 Å². The van der Waals surface area contributed by atoms with Gasteiger partial charge in [-0.2, -0.15) is 5.26 Å². The summed E-state index contributed by atoms with van der Waals surface area (Å²) in [6.07, 6.45) is 2.40. The second-order valence-corrected chi connectivity index (χ2v) is 13.3. The van der Waals surface area contributed by atoms with E-state index in [-0.39, 0.29) is 36.6 Å². The highest BCUT2D eigenvalue weighted by atomic mass is 19.1. The number of fused-ring (bicyclic) bond motifs is 2. The van der Waals surface area contributed by atoms with Gasteiger partial charge in [-0.15, -0.1) is 0 Å². The summed E-state index contributed by atoms with van der Waals surface area (Å²) in [5, 5.41) is 12.6. The Balaban J connectivity index is 1.20. The van der Waals surface area contributed by atoms with Crippen LogP contribution in [0.5, 0.6) is 0 Å². The molecule has 3 aliphatic rings. The number of aryl methyl sites for hydroxylation is 1. The first-order valence-electron chi connectivity index (χ1n) is 15.5. The van der Waals surface area contributed by atoms with Crippen LogP contribution < -0.4 is 5.32 Å². The van der Waals surface area contributed by atoms with Crippen molar-refractivity contribution in [2.45, 2.75) is 76.6 Å². The molecule has 234 valence electrons. The fourth-order valence-electron chi connectivity index (χ4n) is 6.58. The lowest BCUT2D eigenvalue weighted by molar-refractivity contribution is -0.128. The van der Waals surface area contributed by atoms with E-state index >= 15 is 4.39 Å². The summed E-state index contributed by atoms with van der Waals surface area (Å²) < 4.78 is 20.8. The third kappa shape index (κ3) is 7.05. The molecule has 44 heavy (non-hydrogen) atoms. The summed E-state index contributed by atoms with van der Waals surface area (Å²) in [6, 6.07) is 12.8. The lowest BCUT2D eigenvalue weighted by Gasteiger charge is -2.35. The number of amides is 3. The van der Waals surface area contributed by atoms with Gasteiger partial charge in [-0.25, -0.2) is 9.18 Å². The topological polar surface area (TPSA) is 106 Å². The summed E-state index contributed by atoms with van der Waals surface area (Å²) >= 11 is 0. The minimum absolute atomic E-state index is 0.0266. The third-order valence-corrected chi connectivity index (χ3v) is 8.92. The Morgan fingerprint density at radius 3 is 2.48 bits per heavy atom. The standard InChI is InChI=1S/C34H42FN5O4/c1-34(2,3)44-33(43)40-28-13-11-25(19-28)30(40)31(41)37-27(21-36)12-10-22-8-9-24(20-29(22)35)23-6-5-7-26(18-23)32(42)39-16-14-38(4)15-17-39/h5-9,18,20,25,27-28,30H,10-17,19H2,1-4H3,(H,37,41). The molecule has 2 aliphatic heterocycles. The fraction of sp³-hybridized carbons (Fsp3) is 0.529. The Labute approximate surface area is 258 Å². The van der Waals surface area contributed by atoms with Gasteiger partial charge in [0.05, 0.1) is 6.07 Å². The zero-order chi connectivity index (χ0) is 31.6. The molecule has 2 bridgehead atoms. The number of nitrogens with one attached hydrogen (secondary N) is 1. The minimum atomic E-state index is -0.835. The van der Waals surface area contributed by atoms with Gasteiger partial charge in [0.15, 0.2) is 0 Å². The highest BCUT2D eigenvalue weighted by molar-refractivity contribution is 5.95. The van der Waals surface area contributed by atoms with Crippen LogP contribution in [-0.4, -0.2) is 89.6 Å². The lowest BCUT2D eigenvalue weighted by atomic mass is 9.97. The van der Waals surface area contributed by atoms with Gasteiger partial charge in [0.25, 0.3) is 5.91 Å². The van der Waals surface area contributed by atoms with Crippen molar-refractivity contribution in [1.29, 1.82) is 5.26 Å². The molecule has 9 nitrogen and oxygen atoms in total. The number of nitrogens with zero attached hydrogens (tertiary/aromatic N) is 4. The predicted molar refractivity (Wildman–Crippen MR) is 164 cm³/mol. The maximum Gasteiger partial charge on any atom is 0.411 e. The summed E-state index contributed by atoms with van der Waals surface area (Å²) in [6.45, 7) is 8.40. The van der Waals surface area contributed by atoms with Gasteiger partial charge in [0.1, 0.15) is 23.5 Å². The number of likely N-dealkylation sites (N-methyl/N-ethyl adjacent to an activating group) is 1. The molecule has 0 radical (unpaired) electrons. The van der Waals surface area contributed by atoms with E-state index in [4.69, 9.17) is 4.74 Å². The normalized spacial score (nSPS) is 22.4. The fourth-order valence-corrected chi connectivity index (χ4v) is 6.58. The number of rotatable bonds is 7. The Morgan fingerprint density at radius 1 is 1.07 bits per heavy atom.